The number of carbonyl (C=O) groups excluding carboxylic acids is 1. The summed E-state index contributed by atoms with van der Waals surface area (Å²) in [6, 6.07) is 10.6. The second-order valence-corrected chi connectivity index (χ2v) is 7.06. The Kier molecular flexibility index (Phi) is 5.79. The molecule has 0 aliphatic carbocycles. The molecule has 1 unspecified atom stereocenters. The Labute approximate surface area is 167 Å². The van der Waals surface area contributed by atoms with E-state index < -0.39 is 11.9 Å². The SMILES string of the molecule is CCCC(=O)N(C)C(C)c1nc2ccccc2c(=O)n1-c1ccc(F)c(Cl)c1. The van der Waals surface area contributed by atoms with Crippen molar-refractivity contribution in [1.29, 1.82) is 0 Å². The Hall–Kier alpha value is -2.73. The first-order valence-electron chi connectivity index (χ1n) is 9.08. The van der Waals surface area contributed by atoms with Gasteiger partial charge in [0.2, 0.25) is 5.91 Å². The van der Waals surface area contributed by atoms with Crippen LogP contribution in [0, 0.1) is 5.82 Å². The first kappa shape index (κ1) is 20.0. The lowest BCUT2D eigenvalue weighted by atomic mass is 10.1. The van der Waals surface area contributed by atoms with Crippen molar-refractivity contribution in [2.45, 2.75) is 32.7 Å². The molecule has 3 rings (SSSR count). The molecule has 0 N–H and O–H groups in total. The maximum Gasteiger partial charge on any atom is 0.266 e. The fourth-order valence-corrected chi connectivity index (χ4v) is 3.26. The minimum Gasteiger partial charge on any atom is -0.336 e. The Morgan fingerprint density at radius 2 is 2.00 bits per heavy atom. The van der Waals surface area contributed by atoms with Crippen LogP contribution in [0.4, 0.5) is 4.39 Å². The Morgan fingerprint density at radius 1 is 1.29 bits per heavy atom. The van der Waals surface area contributed by atoms with Crippen LogP contribution in [0.1, 0.15) is 38.6 Å². The molecule has 0 bridgehead atoms. The number of para-hydroxylation sites is 1. The van der Waals surface area contributed by atoms with Crippen LogP contribution in [-0.2, 0) is 4.79 Å². The van der Waals surface area contributed by atoms with Crippen LogP contribution in [0.25, 0.3) is 16.6 Å². The van der Waals surface area contributed by atoms with E-state index in [0.717, 1.165) is 6.42 Å². The van der Waals surface area contributed by atoms with Gasteiger partial charge in [-0.15, -0.1) is 0 Å². The third kappa shape index (κ3) is 3.64. The smallest absolute Gasteiger partial charge is 0.266 e. The first-order valence-corrected chi connectivity index (χ1v) is 9.45. The molecule has 0 saturated heterocycles. The molecule has 28 heavy (non-hydrogen) atoms. The van der Waals surface area contributed by atoms with E-state index in [-0.39, 0.29) is 16.5 Å². The summed E-state index contributed by atoms with van der Waals surface area (Å²) in [5, 5.41) is 0.341. The lowest BCUT2D eigenvalue weighted by molar-refractivity contribution is -0.132. The standard InChI is InChI=1S/C21H21ClFN3O2/c1-4-7-19(27)25(3)13(2)20-24-18-9-6-5-8-15(18)21(28)26(20)14-10-11-17(23)16(22)12-14/h5-6,8-13H,4,7H2,1-3H3. The van der Waals surface area contributed by atoms with E-state index in [0.29, 0.717) is 28.8 Å². The highest BCUT2D eigenvalue weighted by Gasteiger charge is 2.24. The van der Waals surface area contributed by atoms with E-state index in [1.54, 1.807) is 36.2 Å². The van der Waals surface area contributed by atoms with Gasteiger partial charge in [-0.05, 0) is 43.7 Å². The van der Waals surface area contributed by atoms with Gasteiger partial charge in [0, 0.05) is 13.5 Å². The van der Waals surface area contributed by atoms with Gasteiger partial charge in [0.05, 0.1) is 27.7 Å². The summed E-state index contributed by atoms with van der Waals surface area (Å²) >= 11 is 5.95. The lowest BCUT2D eigenvalue weighted by Crippen LogP contribution is -2.34. The minimum absolute atomic E-state index is 0.0407. The molecule has 3 aromatic rings. The number of fused-ring (bicyclic) bond motifs is 1. The van der Waals surface area contributed by atoms with E-state index in [4.69, 9.17) is 11.6 Å². The topological polar surface area (TPSA) is 55.2 Å². The van der Waals surface area contributed by atoms with Gasteiger partial charge in [-0.3, -0.25) is 14.2 Å². The number of halogens is 2. The van der Waals surface area contributed by atoms with E-state index >= 15 is 0 Å². The van der Waals surface area contributed by atoms with Crippen LogP contribution in [0.15, 0.2) is 47.3 Å². The Balaban J connectivity index is 2.26. The normalized spacial score (nSPS) is 12.2. The lowest BCUT2D eigenvalue weighted by Gasteiger charge is -2.27. The van der Waals surface area contributed by atoms with Crippen molar-refractivity contribution >= 4 is 28.4 Å². The van der Waals surface area contributed by atoms with Crippen molar-refractivity contribution in [1.82, 2.24) is 14.5 Å². The molecule has 1 heterocycles. The molecule has 1 amide bonds. The Bertz CT molecular complexity index is 1100. The molecular weight excluding hydrogens is 381 g/mol. The van der Waals surface area contributed by atoms with Gasteiger partial charge in [-0.25, -0.2) is 9.37 Å². The van der Waals surface area contributed by atoms with Crippen molar-refractivity contribution in [3.05, 3.63) is 69.5 Å². The molecule has 0 saturated carbocycles. The van der Waals surface area contributed by atoms with Crippen LogP contribution in [0.5, 0.6) is 0 Å². The van der Waals surface area contributed by atoms with E-state index in [1.807, 2.05) is 13.8 Å². The molecule has 0 radical (unpaired) electrons. The quantitative estimate of drug-likeness (QED) is 0.632. The van der Waals surface area contributed by atoms with Crippen LogP contribution in [0.3, 0.4) is 0 Å². The van der Waals surface area contributed by atoms with Gasteiger partial charge in [0.15, 0.2) is 0 Å². The number of carbonyl (C=O) groups is 1. The second kappa shape index (κ2) is 8.10. The number of aromatic nitrogens is 2. The highest BCUT2D eigenvalue weighted by Crippen LogP contribution is 2.24. The van der Waals surface area contributed by atoms with E-state index in [9.17, 15) is 14.0 Å². The van der Waals surface area contributed by atoms with Crippen molar-refractivity contribution in [2.75, 3.05) is 7.05 Å². The average Bonchev–Trinajstić information content (AvgIpc) is 2.69. The van der Waals surface area contributed by atoms with Gasteiger partial charge in [-0.2, -0.15) is 0 Å². The van der Waals surface area contributed by atoms with Crippen LogP contribution in [-0.4, -0.2) is 27.4 Å². The summed E-state index contributed by atoms with van der Waals surface area (Å²) in [6.45, 7) is 3.74. The van der Waals surface area contributed by atoms with Crippen LogP contribution in [0.2, 0.25) is 5.02 Å². The van der Waals surface area contributed by atoms with E-state index in [2.05, 4.69) is 4.98 Å². The minimum atomic E-state index is -0.572. The molecule has 146 valence electrons. The predicted molar refractivity (Wildman–Crippen MR) is 108 cm³/mol. The molecular formula is C21H21ClFN3O2. The molecule has 5 nitrogen and oxygen atoms in total. The molecule has 0 spiro atoms. The first-order chi connectivity index (χ1) is 13.3. The number of hydrogen-bond donors (Lipinski definition) is 0. The second-order valence-electron chi connectivity index (χ2n) is 6.66. The zero-order valence-electron chi connectivity index (χ0n) is 15.9. The largest absolute Gasteiger partial charge is 0.336 e. The van der Waals surface area contributed by atoms with Crippen LogP contribution < -0.4 is 5.56 Å². The molecule has 7 heteroatoms. The maximum absolute atomic E-state index is 13.7. The zero-order valence-corrected chi connectivity index (χ0v) is 16.7. The predicted octanol–water partition coefficient (Wildman–Crippen LogP) is 4.50. The number of rotatable bonds is 5. The van der Waals surface area contributed by atoms with Crippen molar-refractivity contribution in [2.24, 2.45) is 0 Å². The molecule has 1 aromatic heterocycles. The monoisotopic (exact) mass is 401 g/mol. The highest BCUT2D eigenvalue weighted by molar-refractivity contribution is 6.30. The zero-order chi connectivity index (χ0) is 20.4. The average molecular weight is 402 g/mol. The van der Waals surface area contributed by atoms with Crippen molar-refractivity contribution in [3.8, 4) is 5.69 Å². The number of hydrogen-bond acceptors (Lipinski definition) is 3. The highest BCUT2D eigenvalue weighted by atomic mass is 35.5. The van der Waals surface area contributed by atoms with Crippen LogP contribution >= 0.6 is 11.6 Å². The van der Waals surface area contributed by atoms with Gasteiger partial charge in [0.1, 0.15) is 11.6 Å². The number of amides is 1. The summed E-state index contributed by atoms with van der Waals surface area (Å²) in [6.07, 6.45) is 1.13. The fourth-order valence-electron chi connectivity index (χ4n) is 3.08. The van der Waals surface area contributed by atoms with Crippen molar-refractivity contribution in [3.63, 3.8) is 0 Å². The van der Waals surface area contributed by atoms with Crippen molar-refractivity contribution < 1.29 is 9.18 Å². The molecule has 0 aliphatic rings. The maximum atomic E-state index is 13.7. The third-order valence-electron chi connectivity index (χ3n) is 4.77. The fraction of sp³-hybridized carbons (Fsp3) is 0.286. The summed E-state index contributed by atoms with van der Waals surface area (Å²) in [7, 11) is 1.69. The van der Waals surface area contributed by atoms with E-state index in [1.165, 1.54) is 22.8 Å². The summed E-state index contributed by atoms with van der Waals surface area (Å²) in [4.78, 5) is 31.9. The molecule has 0 aliphatic heterocycles. The Morgan fingerprint density at radius 3 is 2.68 bits per heavy atom. The molecule has 1 atom stereocenters. The summed E-state index contributed by atoms with van der Waals surface area (Å²) < 4.78 is 15.1. The van der Waals surface area contributed by atoms with Gasteiger partial charge in [-0.1, -0.05) is 30.7 Å². The van der Waals surface area contributed by atoms with Gasteiger partial charge >= 0.3 is 0 Å². The van der Waals surface area contributed by atoms with Gasteiger partial charge in [0.25, 0.3) is 5.56 Å². The molecule has 0 fully saturated rings. The molecule has 2 aromatic carbocycles. The third-order valence-corrected chi connectivity index (χ3v) is 5.06. The van der Waals surface area contributed by atoms with Gasteiger partial charge < -0.3 is 4.90 Å². The summed E-state index contributed by atoms with van der Waals surface area (Å²) in [5.41, 5.74) is 0.634. The number of nitrogens with zero attached hydrogens (tertiary/aromatic N) is 3. The summed E-state index contributed by atoms with van der Waals surface area (Å²) in [5.74, 6) is -0.225. The number of benzene rings is 2.